The van der Waals surface area contributed by atoms with E-state index in [4.69, 9.17) is 15.8 Å². The highest BCUT2D eigenvalue weighted by molar-refractivity contribution is 7.85. The van der Waals surface area contributed by atoms with Gasteiger partial charge in [0.1, 0.15) is 5.15 Å². The molecule has 0 saturated carbocycles. The molecular formula is C12H12ClNO3S. The fraction of sp³-hybridized carbons (Fsp3) is 0.250. The fourth-order valence-electron chi connectivity index (χ4n) is 1.69. The Balaban J connectivity index is 2.56. The Kier molecular flexibility index (Phi) is 3.56. The van der Waals surface area contributed by atoms with Crippen LogP contribution in [-0.2, 0) is 20.9 Å². The molecular weight excluding hydrogens is 274 g/mol. The van der Waals surface area contributed by atoms with E-state index in [0.717, 1.165) is 28.3 Å². The SMILES string of the molecule is Cc1c(Cl)nc2ccccc2c1COS(C)(=O)=O. The van der Waals surface area contributed by atoms with Gasteiger partial charge in [0, 0.05) is 5.39 Å². The number of para-hydroxylation sites is 1. The van der Waals surface area contributed by atoms with Crippen LogP contribution in [0.2, 0.25) is 5.15 Å². The molecule has 2 rings (SSSR count). The second-order valence-corrected chi connectivity index (χ2v) is 5.99. The fourth-order valence-corrected chi connectivity index (χ4v) is 2.23. The number of pyridine rings is 1. The second kappa shape index (κ2) is 4.84. The third-order valence-electron chi connectivity index (χ3n) is 2.63. The summed E-state index contributed by atoms with van der Waals surface area (Å²) in [5, 5.41) is 1.21. The van der Waals surface area contributed by atoms with Gasteiger partial charge in [0.05, 0.1) is 18.4 Å². The highest BCUT2D eigenvalue weighted by atomic mass is 35.5. The second-order valence-electron chi connectivity index (χ2n) is 3.99. The van der Waals surface area contributed by atoms with Crippen LogP contribution in [0.3, 0.4) is 0 Å². The zero-order chi connectivity index (χ0) is 13.3. The summed E-state index contributed by atoms with van der Waals surface area (Å²) in [6.45, 7) is 1.76. The van der Waals surface area contributed by atoms with E-state index < -0.39 is 10.1 Å². The Labute approximate surface area is 111 Å². The molecule has 2 aromatic rings. The van der Waals surface area contributed by atoms with E-state index in [1.54, 1.807) is 6.92 Å². The van der Waals surface area contributed by atoms with Gasteiger partial charge in [-0.2, -0.15) is 8.42 Å². The van der Waals surface area contributed by atoms with Gasteiger partial charge in [0.15, 0.2) is 0 Å². The van der Waals surface area contributed by atoms with E-state index in [1.807, 2.05) is 24.3 Å². The zero-order valence-corrected chi connectivity index (χ0v) is 11.5. The van der Waals surface area contributed by atoms with Crippen LogP contribution in [-0.4, -0.2) is 19.7 Å². The largest absolute Gasteiger partial charge is 0.265 e. The van der Waals surface area contributed by atoms with Crippen LogP contribution in [0.25, 0.3) is 10.9 Å². The van der Waals surface area contributed by atoms with Crippen molar-refractivity contribution in [3.8, 4) is 0 Å². The molecule has 0 radical (unpaired) electrons. The molecule has 0 aliphatic rings. The van der Waals surface area contributed by atoms with Gasteiger partial charge >= 0.3 is 0 Å². The van der Waals surface area contributed by atoms with Gasteiger partial charge in [-0.1, -0.05) is 29.8 Å². The lowest BCUT2D eigenvalue weighted by Crippen LogP contribution is -2.05. The smallest absolute Gasteiger partial charge is 0.264 e. The van der Waals surface area contributed by atoms with Gasteiger partial charge in [0.25, 0.3) is 10.1 Å². The number of nitrogens with zero attached hydrogens (tertiary/aromatic N) is 1. The van der Waals surface area contributed by atoms with Crippen LogP contribution in [0.5, 0.6) is 0 Å². The topological polar surface area (TPSA) is 56.3 Å². The lowest BCUT2D eigenvalue weighted by molar-refractivity contribution is 0.312. The first kappa shape index (κ1) is 13.3. The van der Waals surface area contributed by atoms with Gasteiger partial charge in [-0.3, -0.25) is 4.18 Å². The molecule has 6 heteroatoms. The lowest BCUT2D eigenvalue weighted by atomic mass is 10.1. The van der Waals surface area contributed by atoms with Crippen molar-refractivity contribution in [3.63, 3.8) is 0 Å². The monoisotopic (exact) mass is 285 g/mol. The number of halogens is 1. The summed E-state index contributed by atoms with van der Waals surface area (Å²) in [5.74, 6) is 0. The third kappa shape index (κ3) is 2.80. The van der Waals surface area contributed by atoms with Crippen LogP contribution in [0.4, 0.5) is 0 Å². The molecule has 1 aromatic heterocycles. The number of hydrogen-bond acceptors (Lipinski definition) is 4. The first-order valence-corrected chi connectivity index (χ1v) is 7.46. The van der Waals surface area contributed by atoms with Gasteiger partial charge in [-0.15, -0.1) is 0 Å². The van der Waals surface area contributed by atoms with Crippen molar-refractivity contribution < 1.29 is 12.6 Å². The summed E-state index contributed by atoms with van der Waals surface area (Å²) in [6.07, 6.45) is 1.02. The van der Waals surface area contributed by atoms with Crippen LogP contribution in [0.15, 0.2) is 24.3 Å². The van der Waals surface area contributed by atoms with Crippen molar-refractivity contribution in [1.82, 2.24) is 4.98 Å². The molecule has 0 bridgehead atoms. The molecule has 0 unspecified atom stereocenters. The Bertz CT molecular complexity index is 698. The summed E-state index contributed by atoms with van der Waals surface area (Å²) in [5.41, 5.74) is 2.20. The van der Waals surface area contributed by atoms with Crippen molar-refractivity contribution in [2.24, 2.45) is 0 Å². The first-order valence-electron chi connectivity index (χ1n) is 5.26. The predicted molar refractivity (Wildman–Crippen MR) is 71.1 cm³/mol. The van der Waals surface area contributed by atoms with Crippen molar-refractivity contribution in [1.29, 1.82) is 0 Å². The summed E-state index contributed by atoms with van der Waals surface area (Å²) in [7, 11) is -3.48. The van der Waals surface area contributed by atoms with E-state index >= 15 is 0 Å². The molecule has 0 N–H and O–H groups in total. The van der Waals surface area contributed by atoms with E-state index in [0.29, 0.717) is 5.15 Å². The summed E-state index contributed by atoms with van der Waals surface area (Å²) in [6, 6.07) is 7.40. The average molecular weight is 286 g/mol. The molecule has 1 aromatic carbocycles. The Morgan fingerprint density at radius 2 is 2.00 bits per heavy atom. The number of fused-ring (bicyclic) bond motifs is 1. The minimum absolute atomic E-state index is 0.0343. The number of benzene rings is 1. The van der Waals surface area contributed by atoms with Gasteiger partial charge < -0.3 is 0 Å². The highest BCUT2D eigenvalue weighted by Gasteiger charge is 2.12. The highest BCUT2D eigenvalue weighted by Crippen LogP contribution is 2.26. The Morgan fingerprint density at radius 3 is 2.67 bits per heavy atom. The normalized spacial score (nSPS) is 11.9. The first-order chi connectivity index (χ1) is 8.38. The van der Waals surface area contributed by atoms with Gasteiger partial charge in [-0.25, -0.2) is 4.98 Å². The molecule has 0 amide bonds. The van der Waals surface area contributed by atoms with Crippen molar-refractivity contribution in [3.05, 3.63) is 40.5 Å². The molecule has 4 nitrogen and oxygen atoms in total. The van der Waals surface area contributed by atoms with Crippen molar-refractivity contribution in [2.75, 3.05) is 6.26 Å². The number of aromatic nitrogens is 1. The molecule has 0 aliphatic heterocycles. The standard InChI is InChI=1S/C12H12ClNO3S/c1-8-10(7-17-18(2,15)16)9-5-3-4-6-11(9)14-12(8)13/h3-6H,7H2,1-2H3. The molecule has 0 spiro atoms. The Morgan fingerprint density at radius 1 is 1.33 bits per heavy atom. The van der Waals surface area contributed by atoms with Gasteiger partial charge in [0.2, 0.25) is 0 Å². The van der Waals surface area contributed by atoms with Gasteiger partial charge in [-0.05, 0) is 24.1 Å². The van der Waals surface area contributed by atoms with Crippen LogP contribution < -0.4 is 0 Å². The minimum atomic E-state index is -3.48. The minimum Gasteiger partial charge on any atom is -0.265 e. The quantitative estimate of drug-likeness (QED) is 0.643. The zero-order valence-electron chi connectivity index (χ0n) is 9.97. The van der Waals surface area contributed by atoms with E-state index in [-0.39, 0.29) is 6.61 Å². The molecule has 1 heterocycles. The summed E-state index contributed by atoms with van der Waals surface area (Å²) >= 11 is 6.03. The maximum absolute atomic E-state index is 11.1. The maximum atomic E-state index is 11.1. The molecule has 0 aliphatic carbocycles. The van der Waals surface area contributed by atoms with Crippen LogP contribution >= 0.6 is 11.6 Å². The average Bonchev–Trinajstić information content (AvgIpc) is 2.28. The summed E-state index contributed by atoms with van der Waals surface area (Å²) < 4.78 is 27.0. The number of hydrogen-bond donors (Lipinski definition) is 0. The third-order valence-corrected chi connectivity index (χ3v) is 3.54. The molecule has 96 valence electrons. The Hall–Kier alpha value is -1.17. The predicted octanol–water partition coefficient (Wildman–Crippen LogP) is 2.67. The number of rotatable bonds is 3. The van der Waals surface area contributed by atoms with Crippen LogP contribution in [0.1, 0.15) is 11.1 Å². The van der Waals surface area contributed by atoms with E-state index in [2.05, 4.69) is 4.98 Å². The van der Waals surface area contributed by atoms with E-state index in [1.165, 1.54) is 0 Å². The molecule has 18 heavy (non-hydrogen) atoms. The summed E-state index contributed by atoms with van der Waals surface area (Å²) in [4.78, 5) is 4.24. The molecule has 0 saturated heterocycles. The lowest BCUT2D eigenvalue weighted by Gasteiger charge is -2.11. The van der Waals surface area contributed by atoms with Crippen molar-refractivity contribution in [2.45, 2.75) is 13.5 Å². The molecule has 0 fully saturated rings. The van der Waals surface area contributed by atoms with E-state index in [9.17, 15) is 8.42 Å². The maximum Gasteiger partial charge on any atom is 0.264 e. The molecule has 0 atom stereocenters. The van der Waals surface area contributed by atoms with Crippen molar-refractivity contribution >= 4 is 32.6 Å². The van der Waals surface area contributed by atoms with Crippen LogP contribution in [0, 0.1) is 6.92 Å².